The highest BCUT2D eigenvalue weighted by Gasteiger charge is 2.25. The van der Waals surface area contributed by atoms with Crippen LogP contribution in [0.5, 0.6) is 0 Å². The van der Waals surface area contributed by atoms with Crippen LogP contribution in [0.3, 0.4) is 0 Å². The van der Waals surface area contributed by atoms with Crippen LogP contribution in [0.25, 0.3) is 0 Å². The molecular weight excluding hydrogens is 318 g/mol. The second kappa shape index (κ2) is 6.46. The van der Waals surface area contributed by atoms with Crippen molar-refractivity contribution >= 4 is 5.82 Å². The maximum atomic E-state index is 12.3. The fourth-order valence-corrected chi connectivity index (χ4v) is 3.05. The summed E-state index contributed by atoms with van der Waals surface area (Å²) in [5.74, 6) is 0.699. The third-order valence-corrected chi connectivity index (χ3v) is 4.69. The summed E-state index contributed by atoms with van der Waals surface area (Å²) in [5.41, 5.74) is 0.702. The summed E-state index contributed by atoms with van der Waals surface area (Å²) >= 11 is 0. The zero-order valence-corrected chi connectivity index (χ0v) is 15.3. The van der Waals surface area contributed by atoms with E-state index < -0.39 is 0 Å². The normalized spacial score (nSPS) is 16.2. The molecule has 3 heterocycles. The predicted molar refractivity (Wildman–Crippen MR) is 97.2 cm³/mol. The molecule has 134 valence electrons. The van der Waals surface area contributed by atoms with Crippen molar-refractivity contribution in [2.45, 2.75) is 45.1 Å². The fourth-order valence-electron chi connectivity index (χ4n) is 3.05. The lowest BCUT2D eigenvalue weighted by molar-refractivity contribution is 0.343. The van der Waals surface area contributed by atoms with Crippen LogP contribution in [0.15, 0.2) is 34.1 Å². The standard InChI is InChI=1S/C18H25N5O2/c1-18(2,3)14-5-6-16(24)23(20-14)13-7-9-22(10-8-13)15-11-17(25)21(4)12-19-15/h5-6,11-13H,7-10H2,1-4H3. The van der Waals surface area contributed by atoms with E-state index in [4.69, 9.17) is 0 Å². The van der Waals surface area contributed by atoms with Crippen molar-refractivity contribution in [2.75, 3.05) is 18.0 Å². The number of rotatable bonds is 2. The minimum absolute atomic E-state index is 0.0573. The molecule has 0 bridgehead atoms. The molecule has 0 aliphatic carbocycles. The van der Waals surface area contributed by atoms with Crippen LogP contribution >= 0.6 is 0 Å². The Labute approximate surface area is 146 Å². The summed E-state index contributed by atoms with van der Waals surface area (Å²) in [6.45, 7) is 7.77. The van der Waals surface area contributed by atoms with E-state index in [1.54, 1.807) is 30.2 Å². The van der Waals surface area contributed by atoms with Crippen molar-refractivity contribution in [3.63, 3.8) is 0 Å². The molecule has 2 aromatic rings. The Morgan fingerprint density at radius 3 is 2.36 bits per heavy atom. The van der Waals surface area contributed by atoms with Crippen LogP contribution < -0.4 is 16.0 Å². The largest absolute Gasteiger partial charge is 0.356 e. The molecule has 1 fully saturated rings. The Bertz CT molecular complexity index is 870. The Morgan fingerprint density at radius 1 is 1.08 bits per heavy atom. The smallest absolute Gasteiger partial charge is 0.267 e. The van der Waals surface area contributed by atoms with Crippen molar-refractivity contribution in [1.82, 2.24) is 19.3 Å². The van der Waals surface area contributed by atoms with Gasteiger partial charge >= 0.3 is 0 Å². The number of hydrogen-bond acceptors (Lipinski definition) is 5. The van der Waals surface area contributed by atoms with Gasteiger partial charge in [-0.1, -0.05) is 20.8 Å². The van der Waals surface area contributed by atoms with E-state index in [0.717, 1.165) is 31.6 Å². The molecule has 2 aromatic heterocycles. The Hall–Kier alpha value is -2.44. The summed E-state index contributed by atoms with van der Waals surface area (Å²) in [6.07, 6.45) is 3.15. The van der Waals surface area contributed by atoms with Gasteiger partial charge in [0.25, 0.3) is 11.1 Å². The SMILES string of the molecule is Cn1cnc(N2CCC(n3nc(C(C)(C)C)ccc3=O)CC2)cc1=O. The zero-order valence-electron chi connectivity index (χ0n) is 15.3. The number of anilines is 1. The molecule has 25 heavy (non-hydrogen) atoms. The highest BCUT2D eigenvalue weighted by molar-refractivity contribution is 5.37. The van der Waals surface area contributed by atoms with Crippen molar-refractivity contribution in [3.05, 3.63) is 50.9 Å². The van der Waals surface area contributed by atoms with Crippen molar-refractivity contribution in [2.24, 2.45) is 7.05 Å². The van der Waals surface area contributed by atoms with Gasteiger partial charge in [-0.2, -0.15) is 5.10 Å². The average Bonchev–Trinajstić information content (AvgIpc) is 2.57. The van der Waals surface area contributed by atoms with Gasteiger partial charge in [0.05, 0.1) is 18.1 Å². The molecule has 3 rings (SSSR count). The van der Waals surface area contributed by atoms with Gasteiger partial charge in [-0.05, 0) is 18.9 Å². The van der Waals surface area contributed by atoms with Crippen LogP contribution in [-0.2, 0) is 12.5 Å². The first-order chi connectivity index (χ1) is 11.8. The molecule has 0 saturated carbocycles. The fraction of sp³-hybridized carbons (Fsp3) is 0.556. The molecule has 0 amide bonds. The number of aryl methyl sites for hydroxylation is 1. The molecule has 0 atom stereocenters. The lowest BCUT2D eigenvalue weighted by Crippen LogP contribution is -2.40. The Kier molecular flexibility index (Phi) is 4.49. The van der Waals surface area contributed by atoms with Gasteiger partial charge < -0.3 is 9.47 Å². The van der Waals surface area contributed by atoms with Gasteiger partial charge in [-0.3, -0.25) is 9.59 Å². The van der Waals surface area contributed by atoms with E-state index >= 15 is 0 Å². The number of hydrogen-bond donors (Lipinski definition) is 0. The number of aromatic nitrogens is 4. The lowest BCUT2D eigenvalue weighted by Gasteiger charge is -2.33. The molecule has 7 heteroatoms. The lowest BCUT2D eigenvalue weighted by atomic mass is 9.92. The number of piperidine rings is 1. The monoisotopic (exact) mass is 343 g/mol. The van der Waals surface area contributed by atoms with Gasteiger partial charge in [0.2, 0.25) is 0 Å². The minimum atomic E-state index is -0.0931. The Morgan fingerprint density at radius 2 is 1.76 bits per heavy atom. The molecule has 0 aromatic carbocycles. The first kappa shape index (κ1) is 17.4. The van der Waals surface area contributed by atoms with Gasteiger partial charge in [0, 0.05) is 37.7 Å². The molecular formula is C18H25N5O2. The number of nitrogens with zero attached hydrogens (tertiary/aromatic N) is 5. The van der Waals surface area contributed by atoms with E-state index in [9.17, 15) is 9.59 Å². The van der Waals surface area contributed by atoms with Crippen LogP contribution in [0.1, 0.15) is 45.3 Å². The van der Waals surface area contributed by atoms with Crippen molar-refractivity contribution in [1.29, 1.82) is 0 Å². The van der Waals surface area contributed by atoms with E-state index in [1.165, 1.54) is 4.57 Å². The summed E-state index contributed by atoms with van der Waals surface area (Å²) in [4.78, 5) is 30.5. The van der Waals surface area contributed by atoms with E-state index in [0.29, 0.717) is 5.82 Å². The summed E-state index contributed by atoms with van der Waals surface area (Å²) < 4.78 is 3.09. The topological polar surface area (TPSA) is 73.0 Å². The molecule has 1 saturated heterocycles. The van der Waals surface area contributed by atoms with Gasteiger partial charge in [0.1, 0.15) is 5.82 Å². The molecule has 0 N–H and O–H groups in total. The summed E-state index contributed by atoms with van der Waals surface area (Å²) in [6, 6.07) is 5.07. The molecule has 1 aliphatic rings. The molecule has 0 spiro atoms. The van der Waals surface area contributed by atoms with Crippen LogP contribution in [-0.4, -0.2) is 32.4 Å². The van der Waals surface area contributed by atoms with Crippen molar-refractivity contribution in [3.8, 4) is 0 Å². The third-order valence-electron chi connectivity index (χ3n) is 4.69. The molecule has 0 radical (unpaired) electrons. The first-order valence-electron chi connectivity index (χ1n) is 8.64. The second-order valence-electron chi connectivity index (χ2n) is 7.67. The van der Waals surface area contributed by atoms with E-state index in [-0.39, 0.29) is 22.6 Å². The molecule has 7 nitrogen and oxygen atoms in total. The maximum absolute atomic E-state index is 12.3. The van der Waals surface area contributed by atoms with Crippen molar-refractivity contribution < 1.29 is 0 Å². The average molecular weight is 343 g/mol. The quantitative estimate of drug-likeness (QED) is 0.826. The second-order valence-corrected chi connectivity index (χ2v) is 7.67. The summed E-state index contributed by atoms with van der Waals surface area (Å²) in [5, 5.41) is 4.61. The molecule has 0 unspecified atom stereocenters. The van der Waals surface area contributed by atoms with Crippen LogP contribution in [0.4, 0.5) is 5.82 Å². The predicted octanol–water partition coefficient (Wildman–Crippen LogP) is 1.48. The van der Waals surface area contributed by atoms with Crippen LogP contribution in [0.2, 0.25) is 0 Å². The zero-order chi connectivity index (χ0) is 18.2. The van der Waals surface area contributed by atoms with E-state index in [2.05, 4.69) is 35.8 Å². The minimum Gasteiger partial charge on any atom is -0.356 e. The highest BCUT2D eigenvalue weighted by atomic mass is 16.1. The van der Waals surface area contributed by atoms with Crippen LogP contribution in [0, 0.1) is 0 Å². The van der Waals surface area contributed by atoms with E-state index in [1.807, 2.05) is 6.07 Å². The summed E-state index contributed by atoms with van der Waals surface area (Å²) in [7, 11) is 1.69. The Balaban J connectivity index is 1.77. The highest BCUT2D eigenvalue weighted by Crippen LogP contribution is 2.24. The maximum Gasteiger partial charge on any atom is 0.267 e. The van der Waals surface area contributed by atoms with Gasteiger partial charge in [0.15, 0.2) is 0 Å². The van der Waals surface area contributed by atoms with Gasteiger partial charge in [-0.25, -0.2) is 9.67 Å². The first-order valence-corrected chi connectivity index (χ1v) is 8.64. The van der Waals surface area contributed by atoms with Gasteiger partial charge in [-0.15, -0.1) is 0 Å². The molecule has 1 aliphatic heterocycles. The third kappa shape index (κ3) is 3.65.